The van der Waals surface area contributed by atoms with Crippen molar-refractivity contribution in [3.05, 3.63) is 28.2 Å². The molecule has 2 N–H and O–H groups in total. The van der Waals surface area contributed by atoms with Gasteiger partial charge in [0.05, 0.1) is 28.7 Å². The van der Waals surface area contributed by atoms with E-state index in [1.165, 1.54) is 0 Å². The number of halogens is 2. The van der Waals surface area contributed by atoms with Crippen molar-refractivity contribution in [3.8, 4) is 0 Å². The quantitative estimate of drug-likeness (QED) is 0.811. The second kappa shape index (κ2) is 8.09. The van der Waals surface area contributed by atoms with Gasteiger partial charge >= 0.3 is 5.97 Å². The van der Waals surface area contributed by atoms with Crippen molar-refractivity contribution in [1.29, 1.82) is 0 Å². The standard InChI is InChI=1S/C13H16Cl2N2O3/c1-2-17(7-6-12(19)20)8-11(18)16-13-9(14)4-3-5-10(13)15/h3-5H,2,6-8H2,1H3,(H,16,18)(H,19,20). The number of nitrogens with zero attached hydrogens (tertiary/aromatic N) is 1. The molecule has 0 bridgehead atoms. The Labute approximate surface area is 127 Å². The normalized spacial score (nSPS) is 10.6. The van der Waals surface area contributed by atoms with Gasteiger partial charge in [0.1, 0.15) is 0 Å². The summed E-state index contributed by atoms with van der Waals surface area (Å²) in [5.41, 5.74) is 0.370. The summed E-state index contributed by atoms with van der Waals surface area (Å²) in [4.78, 5) is 24.2. The second-order valence-corrected chi connectivity index (χ2v) is 4.97. The minimum atomic E-state index is -0.891. The molecule has 0 saturated carbocycles. The number of carbonyl (C=O) groups is 2. The molecule has 0 spiro atoms. The van der Waals surface area contributed by atoms with Gasteiger partial charge in [-0.2, -0.15) is 0 Å². The van der Waals surface area contributed by atoms with E-state index in [1.807, 2.05) is 6.92 Å². The van der Waals surface area contributed by atoms with Crippen LogP contribution in [0.3, 0.4) is 0 Å². The van der Waals surface area contributed by atoms with Gasteiger partial charge in [0, 0.05) is 6.54 Å². The summed E-state index contributed by atoms with van der Waals surface area (Å²) in [6.45, 7) is 2.84. The highest BCUT2D eigenvalue weighted by Crippen LogP contribution is 2.29. The Bertz CT molecular complexity index is 474. The molecule has 5 nitrogen and oxygen atoms in total. The number of hydrogen-bond acceptors (Lipinski definition) is 3. The Kier molecular flexibility index (Phi) is 6.78. The van der Waals surface area contributed by atoms with Crippen molar-refractivity contribution >= 4 is 40.8 Å². The highest BCUT2D eigenvalue weighted by Gasteiger charge is 2.13. The molecule has 1 aromatic carbocycles. The van der Waals surface area contributed by atoms with Gasteiger partial charge in [-0.25, -0.2) is 0 Å². The predicted molar refractivity (Wildman–Crippen MR) is 79.5 cm³/mol. The van der Waals surface area contributed by atoms with E-state index in [1.54, 1.807) is 23.1 Å². The van der Waals surface area contributed by atoms with Crippen molar-refractivity contribution in [2.45, 2.75) is 13.3 Å². The molecule has 0 atom stereocenters. The number of aliphatic carboxylic acids is 1. The summed E-state index contributed by atoms with van der Waals surface area (Å²) < 4.78 is 0. The van der Waals surface area contributed by atoms with Crippen LogP contribution in [0, 0.1) is 0 Å². The first kappa shape index (κ1) is 16.8. The molecule has 1 rings (SSSR count). The molecule has 0 aromatic heterocycles. The van der Waals surface area contributed by atoms with Gasteiger partial charge in [0.15, 0.2) is 0 Å². The molecule has 0 radical (unpaired) electrons. The number of likely N-dealkylation sites (N-methyl/N-ethyl adjacent to an activating group) is 1. The Morgan fingerprint density at radius 3 is 2.40 bits per heavy atom. The fourth-order valence-electron chi connectivity index (χ4n) is 1.60. The van der Waals surface area contributed by atoms with Crippen LogP contribution >= 0.6 is 23.2 Å². The monoisotopic (exact) mass is 318 g/mol. The zero-order valence-corrected chi connectivity index (χ0v) is 12.5. The van der Waals surface area contributed by atoms with E-state index in [9.17, 15) is 9.59 Å². The number of para-hydroxylation sites is 1. The molecule has 0 aliphatic rings. The maximum absolute atomic E-state index is 11.9. The summed E-state index contributed by atoms with van der Waals surface area (Å²) in [6, 6.07) is 4.95. The van der Waals surface area contributed by atoms with Gasteiger partial charge in [0.2, 0.25) is 5.91 Å². The Morgan fingerprint density at radius 1 is 1.30 bits per heavy atom. The van der Waals surface area contributed by atoms with Crippen molar-refractivity contribution in [2.75, 3.05) is 25.0 Å². The Hall–Kier alpha value is -1.30. The number of carboxylic acids is 1. The van der Waals surface area contributed by atoms with E-state index in [4.69, 9.17) is 28.3 Å². The Morgan fingerprint density at radius 2 is 1.90 bits per heavy atom. The number of benzene rings is 1. The molecule has 0 unspecified atom stereocenters. The molecular formula is C13H16Cl2N2O3. The number of amides is 1. The van der Waals surface area contributed by atoms with E-state index < -0.39 is 5.97 Å². The van der Waals surface area contributed by atoms with E-state index in [0.29, 0.717) is 28.8 Å². The van der Waals surface area contributed by atoms with E-state index in [2.05, 4.69) is 5.32 Å². The van der Waals surface area contributed by atoms with Gasteiger partial charge in [-0.05, 0) is 18.7 Å². The van der Waals surface area contributed by atoms with Crippen LogP contribution < -0.4 is 5.32 Å². The highest BCUT2D eigenvalue weighted by atomic mass is 35.5. The molecule has 20 heavy (non-hydrogen) atoms. The van der Waals surface area contributed by atoms with Crippen LogP contribution in [0.15, 0.2) is 18.2 Å². The molecule has 1 amide bonds. The van der Waals surface area contributed by atoms with Gasteiger partial charge in [-0.1, -0.05) is 36.2 Å². The molecule has 1 aromatic rings. The molecule has 0 fully saturated rings. The topological polar surface area (TPSA) is 69.6 Å². The third-order valence-electron chi connectivity index (χ3n) is 2.68. The van der Waals surface area contributed by atoms with Crippen molar-refractivity contribution in [3.63, 3.8) is 0 Å². The highest BCUT2D eigenvalue weighted by molar-refractivity contribution is 6.39. The number of carbonyl (C=O) groups excluding carboxylic acids is 1. The molecule has 0 heterocycles. The lowest BCUT2D eigenvalue weighted by Crippen LogP contribution is -2.34. The second-order valence-electron chi connectivity index (χ2n) is 4.16. The van der Waals surface area contributed by atoms with Crippen LogP contribution in [0.2, 0.25) is 10.0 Å². The molecular weight excluding hydrogens is 303 g/mol. The lowest BCUT2D eigenvalue weighted by Gasteiger charge is -2.19. The van der Waals surface area contributed by atoms with Crippen molar-refractivity contribution < 1.29 is 14.7 Å². The van der Waals surface area contributed by atoms with Crippen LogP contribution in [0.4, 0.5) is 5.69 Å². The first-order valence-electron chi connectivity index (χ1n) is 6.12. The van der Waals surface area contributed by atoms with E-state index >= 15 is 0 Å². The SMILES string of the molecule is CCN(CCC(=O)O)CC(=O)Nc1c(Cl)cccc1Cl. The van der Waals surface area contributed by atoms with Crippen LogP contribution in [-0.4, -0.2) is 41.5 Å². The predicted octanol–water partition coefficient (Wildman–Crippen LogP) is 2.73. The minimum absolute atomic E-state index is 0.00598. The van der Waals surface area contributed by atoms with E-state index in [0.717, 1.165) is 0 Å². The van der Waals surface area contributed by atoms with Gasteiger partial charge < -0.3 is 10.4 Å². The molecule has 7 heteroatoms. The zero-order valence-electron chi connectivity index (χ0n) is 11.0. The summed E-state index contributed by atoms with van der Waals surface area (Å²) in [6.07, 6.45) is -0.00598. The van der Waals surface area contributed by atoms with E-state index in [-0.39, 0.29) is 18.9 Å². The van der Waals surface area contributed by atoms with Gasteiger partial charge in [-0.3, -0.25) is 14.5 Å². The zero-order chi connectivity index (χ0) is 15.1. The van der Waals surface area contributed by atoms with Crippen LogP contribution in [-0.2, 0) is 9.59 Å². The molecule has 0 aliphatic carbocycles. The molecule has 0 aliphatic heterocycles. The Balaban J connectivity index is 2.60. The van der Waals surface area contributed by atoms with Crippen LogP contribution in [0.25, 0.3) is 0 Å². The van der Waals surface area contributed by atoms with Gasteiger partial charge in [0.25, 0.3) is 0 Å². The van der Waals surface area contributed by atoms with Crippen molar-refractivity contribution in [1.82, 2.24) is 4.90 Å². The number of rotatable bonds is 7. The number of carboxylic acid groups (broad SMARTS) is 1. The average molecular weight is 319 g/mol. The lowest BCUT2D eigenvalue weighted by atomic mass is 10.3. The van der Waals surface area contributed by atoms with Gasteiger partial charge in [-0.15, -0.1) is 0 Å². The van der Waals surface area contributed by atoms with Crippen LogP contribution in [0.1, 0.15) is 13.3 Å². The third kappa shape index (κ3) is 5.36. The lowest BCUT2D eigenvalue weighted by molar-refractivity contribution is -0.137. The number of anilines is 1. The molecule has 110 valence electrons. The number of nitrogens with one attached hydrogen (secondary N) is 1. The fraction of sp³-hybridized carbons (Fsp3) is 0.385. The first-order chi connectivity index (χ1) is 9.43. The summed E-state index contributed by atoms with van der Waals surface area (Å²) >= 11 is 11.9. The fourth-order valence-corrected chi connectivity index (χ4v) is 2.09. The summed E-state index contributed by atoms with van der Waals surface area (Å²) in [5.74, 6) is -1.18. The summed E-state index contributed by atoms with van der Waals surface area (Å²) in [5, 5.41) is 12.0. The maximum Gasteiger partial charge on any atom is 0.304 e. The van der Waals surface area contributed by atoms with Crippen molar-refractivity contribution in [2.24, 2.45) is 0 Å². The largest absolute Gasteiger partial charge is 0.481 e. The minimum Gasteiger partial charge on any atom is -0.481 e. The number of hydrogen-bond donors (Lipinski definition) is 2. The third-order valence-corrected chi connectivity index (χ3v) is 3.31. The summed E-state index contributed by atoms with van der Waals surface area (Å²) in [7, 11) is 0. The van der Waals surface area contributed by atoms with Crippen LogP contribution in [0.5, 0.6) is 0 Å². The molecule has 0 saturated heterocycles. The maximum atomic E-state index is 11.9. The smallest absolute Gasteiger partial charge is 0.304 e. The average Bonchev–Trinajstić information content (AvgIpc) is 2.38. The first-order valence-corrected chi connectivity index (χ1v) is 6.87.